The predicted octanol–water partition coefficient (Wildman–Crippen LogP) is 5.13. The quantitative estimate of drug-likeness (QED) is 0.317. The highest BCUT2D eigenvalue weighted by molar-refractivity contribution is 7.97. The molecule has 2 heterocycles. The fourth-order valence-corrected chi connectivity index (χ4v) is 4.70. The Hall–Kier alpha value is -3.84. The van der Waals surface area contributed by atoms with E-state index in [4.69, 9.17) is 10.1 Å². The molecule has 0 spiro atoms. The van der Waals surface area contributed by atoms with Crippen LogP contribution in [0.5, 0.6) is 0 Å². The third kappa shape index (κ3) is 5.30. The van der Waals surface area contributed by atoms with Gasteiger partial charge in [0.1, 0.15) is 12.4 Å². The van der Waals surface area contributed by atoms with Crippen molar-refractivity contribution in [2.75, 3.05) is 6.26 Å². The van der Waals surface area contributed by atoms with Crippen molar-refractivity contribution >= 4 is 28.7 Å². The standard InChI is InChI=1S/C28H27N5OS/c1-35-20-26-30-24-14-8-9-15-25(24)33(26)19-27(34)29-16-23-18-32(17-21-10-4-2-5-11-21)31-28(23)22-12-6-3-7-13-22/h2-15,18H,16-17,19-20H2,1H3,(H,29,34). The molecular weight excluding hydrogens is 454 g/mol. The molecule has 3 aromatic carbocycles. The van der Waals surface area contributed by atoms with Crippen molar-refractivity contribution in [1.82, 2.24) is 24.6 Å². The van der Waals surface area contributed by atoms with E-state index in [0.29, 0.717) is 13.1 Å². The van der Waals surface area contributed by atoms with Crippen LogP contribution in [0.4, 0.5) is 0 Å². The minimum Gasteiger partial charge on any atom is -0.350 e. The van der Waals surface area contributed by atoms with E-state index >= 15 is 0 Å². The first kappa shape index (κ1) is 22.9. The van der Waals surface area contributed by atoms with Gasteiger partial charge in [-0.05, 0) is 24.0 Å². The summed E-state index contributed by atoms with van der Waals surface area (Å²) in [6, 6.07) is 28.3. The number of hydrogen-bond acceptors (Lipinski definition) is 4. The number of nitrogens with zero attached hydrogens (tertiary/aromatic N) is 4. The van der Waals surface area contributed by atoms with Gasteiger partial charge < -0.3 is 9.88 Å². The van der Waals surface area contributed by atoms with Gasteiger partial charge in [-0.25, -0.2) is 4.98 Å². The van der Waals surface area contributed by atoms with Crippen molar-refractivity contribution in [1.29, 1.82) is 0 Å². The van der Waals surface area contributed by atoms with Gasteiger partial charge in [0.2, 0.25) is 5.91 Å². The Labute approximate surface area is 209 Å². The normalized spacial score (nSPS) is 11.1. The second-order valence-corrected chi connectivity index (χ2v) is 9.23. The molecule has 0 fully saturated rings. The molecule has 35 heavy (non-hydrogen) atoms. The third-order valence-electron chi connectivity index (χ3n) is 5.86. The number of imidazole rings is 1. The molecule has 0 radical (unpaired) electrons. The largest absolute Gasteiger partial charge is 0.350 e. The molecule has 5 rings (SSSR count). The van der Waals surface area contributed by atoms with Gasteiger partial charge in [-0.3, -0.25) is 9.48 Å². The van der Waals surface area contributed by atoms with E-state index in [1.54, 1.807) is 11.8 Å². The first-order chi connectivity index (χ1) is 17.2. The van der Waals surface area contributed by atoms with Crippen LogP contribution >= 0.6 is 11.8 Å². The monoisotopic (exact) mass is 481 g/mol. The maximum absolute atomic E-state index is 13.0. The summed E-state index contributed by atoms with van der Waals surface area (Å²) >= 11 is 1.70. The number of fused-ring (bicyclic) bond motifs is 1. The van der Waals surface area contributed by atoms with E-state index in [1.165, 1.54) is 5.56 Å². The summed E-state index contributed by atoms with van der Waals surface area (Å²) in [6.45, 7) is 1.31. The minimum absolute atomic E-state index is 0.0506. The number of amides is 1. The van der Waals surface area contributed by atoms with Crippen molar-refractivity contribution in [3.63, 3.8) is 0 Å². The van der Waals surface area contributed by atoms with E-state index < -0.39 is 0 Å². The molecule has 1 N–H and O–H groups in total. The van der Waals surface area contributed by atoms with Gasteiger partial charge in [-0.2, -0.15) is 16.9 Å². The molecule has 0 atom stereocenters. The summed E-state index contributed by atoms with van der Waals surface area (Å²) in [4.78, 5) is 17.8. The van der Waals surface area contributed by atoms with Crippen molar-refractivity contribution < 1.29 is 4.79 Å². The summed E-state index contributed by atoms with van der Waals surface area (Å²) in [5.74, 6) is 1.62. The van der Waals surface area contributed by atoms with Gasteiger partial charge in [-0.1, -0.05) is 72.8 Å². The van der Waals surface area contributed by atoms with Gasteiger partial charge in [0, 0.05) is 23.9 Å². The number of aromatic nitrogens is 4. The van der Waals surface area contributed by atoms with Gasteiger partial charge in [0.25, 0.3) is 0 Å². The number of thioether (sulfide) groups is 1. The minimum atomic E-state index is -0.0506. The second kappa shape index (κ2) is 10.6. The number of carbonyl (C=O) groups is 1. The van der Waals surface area contributed by atoms with E-state index in [0.717, 1.165) is 39.4 Å². The highest BCUT2D eigenvalue weighted by Crippen LogP contribution is 2.23. The lowest BCUT2D eigenvalue weighted by atomic mass is 10.1. The molecule has 0 bridgehead atoms. The van der Waals surface area contributed by atoms with Crippen LogP contribution in [0.1, 0.15) is 17.0 Å². The number of para-hydroxylation sites is 2. The number of nitrogens with one attached hydrogen (secondary N) is 1. The van der Waals surface area contributed by atoms with Crippen LogP contribution in [-0.2, 0) is 30.2 Å². The Bertz CT molecular complexity index is 1430. The van der Waals surface area contributed by atoms with E-state index in [-0.39, 0.29) is 12.5 Å². The third-order valence-corrected chi connectivity index (χ3v) is 6.40. The van der Waals surface area contributed by atoms with Gasteiger partial charge in [-0.15, -0.1) is 0 Å². The predicted molar refractivity (Wildman–Crippen MR) is 142 cm³/mol. The van der Waals surface area contributed by atoms with E-state index in [1.807, 2.05) is 94.5 Å². The maximum Gasteiger partial charge on any atom is 0.240 e. The molecular formula is C28H27N5OS. The van der Waals surface area contributed by atoms with Crippen LogP contribution in [0.15, 0.2) is 91.1 Å². The van der Waals surface area contributed by atoms with E-state index in [9.17, 15) is 4.79 Å². The molecule has 5 aromatic rings. The average molecular weight is 482 g/mol. The zero-order valence-electron chi connectivity index (χ0n) is 19.6. The lowest BCUT2D eigenvalue weighted by Crippen LogP contribution is -2.27. The Balaban J connectivity index is 1.36. The number of carbonyl (C=O) groups excluding carboxylic acids is 1. The van der Waals surface area contributed by atoms with Crippen LogP contribution in [0.3, 0.4) is 0 Å². The van der Waals surface area contributed by atoms with Gasteiger partial charge >= 0.3 is 0 Å². The van der Waals surface area contributed by atoms with Gasteiger partial charge in [0.15, 0.2) is 0 Å². The molecule has 0 aliphatic rings. The Morgan fingerprint density at radius 1 is 0.943 bits per heavy atom. The first-order valence-corrected chi connectivity index (χ1v) is 13.0. The summed E-state index contributed by atoms with van der Waals surface area (Å²) in [5, 5.41) is 7.97. The summed E-state index contributed by atoms with van der Waals surface area (Å²) in [7, 11) is 0. The smallest absolute Gasteiger partial charge is 0.240 e. The number of hydrogen-bond donors (Lipinski definition) is 1. The summed E-state index contributed by atoms with van der Waals surface area (Å²) in [6.07, 6.45) is 4.07. The summed E-state index contributed by atoms with van der Waals surface area (Å²) in [5.41, 5.74) is 5.98. The molecule has 1 amide bonds. The van der Waals surface area contributed by atoms with Crippen molar-refractivity contribution in [3.8, 4) is 11.3 Å². The van der Waals surface area contributed by atoms with Crippen molar-refractivity contribution in [2.45, 2.75) is 25.4 Å². The van der Waals surface area contributed by atoms with E-state index in [2.05, 4.69) is 17.4 Å². The molecule has 0 saturated heterocycles. The molecule has 0 saturated carbocycles. The lowest BCUT2D eigenvalue weighted by Gasteiger charge is -2.10. The van der Waals surface area contributed by atoms with Crippen molar-refractivity contribution in [2.24, 2.45) is 0 Å². The molecule has 0 aliphatic carbocycles. The number of rotatable bonds is 9. The zero-order valence-corrected chi connectivity index (χ0v) is 20.4. The van der Waals surface area contributed by atoms with Crippen molar-refractivity contribution in [3.05, 3.63) is 108 Å². The fraction of sp³-hybridized carbons (Fsp3) is 0.179. The second-order valence-electron chi connectivity index (χ2n) is 8.36. The zero-order chi connectivity index (χ0) is 24.0. The van der Waals surface area contributed by atoms with Gasteiger partial charge in [0.05, 0.1) is 29.0 Å². The Morgan fingerprint density at radius 3 is 2.43 bits per heavy atom. The Morgan fingerprint density at radius 2 is 1.66 bits per heavy atom. The highest BCUT2D eigenvalue weighted by atomic mass is 32.2. The average Bonchev–Trinajstić information content (AvgIpc) is 3.45. The molecule has 7 heteroatoms. The highest BCUT2D eigenvalue weighted by Gasteiger charge is 2.16. The van der Waals surface area contributed by atoms with Crippen LogP contribution in [0, 0.1) is 0 Å². The lowest BCUT2D eigenvalue weighted by molar-refractivity contribution is -0.121. The molecule has 2 aromatic heterocycles. The Kier molecular flexibility index (Phi) is 6.95. The molecule has 0 aliphatic heterocycles. The number of benzene rings is 3. The van der Waals surface area contributed by atoms with Crippen LogP contribution in [0.2, 0.25) is 0 Å². The summed E-state index contributed by atoms with van der Waals surface area (Å²) < 4.78 is 3.96. The molecule has 6 nitrogen and oxygen atoms in total. The first-order valence-electron chi connectivity index (χ1n) is 11.6. The van der Waals surface area contributed by atoms with Crippen LogP contribution in [-0.4, -0.2) is 31.5 Å². The van der Waals surface area contributed by atoms with Crippen LogP contribution in [0.25, 0.3) is 22.3 Å². The topological polar surface area (TPSA) is 64.7 Å². The molecule has 0 unspecified atom stereocenters. The maximum atomic E-state index is 13.0. The van der Waals surface area contributed by atoms with Crippen LogP contribution < -0.4 is 5.32 Å². The molecule has 176 valence electrons. The fourth-order valence-electron chi connectivity index (χ4n) is 4.22. The SMILES string of the molecule is CSCc1nc2ccccc2n1CC(=O)NCc1cn(Cc2ccccc2)nc1-c1ccccc1.